The number of amides is 3. The summed E-state index contributed by atoms with van der Waals surface area (Å²) in [6, 6.07) is -0.676. The Labute approximate surface area is 164 Å². The summed E-state index contributed by atoms with van der Waals surface area (Å²) in [7, 11) is 0. The van der Waals surface area contributed by atoms with Crippen molar-refractivity contribution in [2.75, 3.05) is 6.54 Å². The molecule has 2 rings (SSSR count). The van der Waals surface area contributed by atoms with Crippen molar-refractivity contribution in [2.45, 2.75) is 57.9 Å². The lowest BCUT2D eigenvalue weighted by Gasteiger charge is -2.28. The van der Waals surface area contributed by atoms with E-state index in [9.17, 15) is 14.4 Å². The third kappa shape index (κ3) is 5.48. The van der Waals surface area contributed by atoms with Crippen molar-refractivity contribution in [1.29, 1.82) is 10.8 Å². The number of hydrogen-bond donors (Lipinski definition) is 5. The molecule has 0 aromatic carbocycles. The number of unbranched alkanes of at least 4 members (excludes halogenated alkanes) is 1. The first-order valence-electron chi connectivity index (χ1n) is 9.65. The van der Waals surface area contributed by atoms with Gasteiger partial charge in [-0.25, -0.2) is 5.48 Å². The van der Waals surface area contributed by atoms with Crippen LogP contribution in [-0.4, -0.2) is 52.5 Å². The molecule has 3 amide bonds. The Morgan fingerprint density at radius 3 is 2.64 bits per heavy atom. The van der Waals surface area contributed by atoms with E-state index in [0.717, 1.165) is 31.9 Å². The third-order valence-corrected chi connectivity index (χ3v) is 5.48. The molecule has 154 valence electrons. The van der Waals surface area contributed by atoms with Gasteiger partial charge in [0.05, 0.1) is 0 Å². The predicted octanol–water partition coefficient (Wildman–Crippen LogP) is 1.37. The van der Waals surface area contributed by atoms with Crippen molar-refractivity contribution in [3.8, 4) is 0 Å². The van der Waals surface area contributed by atoms with Crippen LogP contribution in [0.3, 0.4) is 0 Å². The molecule has 0 bridgehead atoms. The highest BCUT2D eigenvalue weighted by Crippen LogP contribution is 2.55. The quantitative estimate of drug-likeness (QED) is 0.175. The van der Waals surface area contributed by atoms with Gasteiger partial charge in [-0.3, -0.25) is 25.0 Å². The van der Waals surface area contributed by atoms with Gasteiger partial charge in [-0.05, 0) is 43.3 Å². The van der Waals surface area contributed by atoms with E-state index in [2.05, 4.69) is 5.32 Å². The van der Waals surface area contributed by atoms with Crippen molar-refractivity contribution in [2.24, 2.45) is 11.3 Å². The molecule has 2 fully saturated rings. The first kappa shape index (κ1) is 21.7. The molecule has 0 aromatic heterocycles. The number of carbonyl (C=O) groups excluding carboxylic acids is 3. The van der Waals surface area contributed by atoms with Crippen LogP contribution in [0.25, 0.3) is 0 Å². The molecule has 1 spiro atoms. The van der Waals surface area contributed by atoms with Crippen LogP contribution in [0, 0.1) is 22.2 Å². The number of likely N-dealkylation sites (tertiary alicyclic amines) is 1. The van der Waals surface area contributed by atoms with Gasteiger partial charge in [-0.2, -0.15) is 0 Å². The van der Waals surface area contributed by atoms with Crippen LogP contribution in [-0.2, 0) is 14.4 Å². The molecule has 0 aromatic rings. The number of rotatable bonds is 9. The summed E-state index contributed by atoms with van der Waals surface area (Å²) in [6.07, 6.45) is 8.15. The van der Waals surface area contributed by atoms with Gasteiger partial charge in [-0.1, -0.05) is 19.8 Å². The first-order valence-corrected chi connectivity index (χ1v) is 9.65. The zero-order valence-corrected chi connectivity index (χ0v) is 16.2. The lowest BCUT2D eigenvalue weighted by molar-refractivity contribution is -0.144. The lowest BCUT2D eigenvalue weighted by Crippen LogP contribution is -2.49. The largest absolute Gasteiger partial charge is 0.330 e. The SMILES string of the molecule is CCCC[C@H](CC(=O)NO)C(=O)N1CC2(CC2)C[C@H]1C(=O)NC(=N)/C=C\C=N. The van der Waals surface area contributed by atoms with Crippen LogP contribution in [0.2, 0.25) is 0 Å². The second kappa shape index (κ2) is 9.59. The molecule has 1 aliphatic heterocycles. The van der Waals surface area contributed by atoms with Gasteiger partial charge in [0.2, 0.25) is 17.7 Å². The van der Waals surface area contributed by atoms with Crippen LogP contribution < -0.4 is 10.8 Å². The number of hydrogen-bond acceptors (Lipinski definition) is 6. The van der Waals surface area contributed by atoms with Crippen molar-refractivity contribution in [3.05, 3.63) is 12.2 Å². The van der Waals surface area contributed by atoms with Crippen LogP contribution in [0.5, 0.6) is 0 Å². The maximum atomic E-state index is 13.2. The zero-order chi connectivity index (χ0) is 20.7. The molecule has 1 heterocycles. The molecule has 0 unspecified atom stereocenters. The molecule has 1 saturated heterocycles. The number of hydroxylamine groups is 1. The smallest absolute Gasteiger partial charge is 0.248 e. The fourth-order valence-electron chi connectivity index (χ4n) is 3.73. The van der Waals surface area contributed by atoms with E-state index in [0.29, 0.717) is 19.4 Å². The standard InChI is InChI=1S/C19H29N5O4/c1-2-3-5-13(10-16(25)23-28)18(27)24-12-19(7-8-19)11-14(24)17(26)22-15(21)6-4-9-20/h4,6,9,13-14,20,28H,2-3,5,7-8,10-12H2,1H3,(H,23,25)(H2,21,22,26)/b6-4-,20-9?/t13-,14+/m1/s1. The molecule has 2 aliphatic rings. The maximum Gasteiger partial charge on any atom is 0.248 e. The van der Waals surface area contributed by atoms with E-state index in [-0.39, 0.29) is 23.6 Å². The Hall–Kier alpha value is -2.55. The summed E-state index contributed by atoms with van der Waals surface area (Å²) in [5.41, 5.74) is 1.55. The van der Waals surface area contributed by atoms with Gasteiger partial charge in [0.25, 0.3) is 0 Å². The van der Waals surface area contributed by atoms with Crippen LogP contribution in [0.1, 0.15) is 51.9 Å². The average Bonchev–Trinajstić information content (AvgIpc) is 3.32. The van der Waals surface area contributed by atoms with Crippen molar-refractivity contribution >= 4 is 29.8 Å². The fraction of sp³-hybridized carbons (Fsp3) is 0.632. The molecule has 1 saturated carbocycles. The molecule has 0 radical (unpaired) electrons. The van der Waals surface area contributed by atoms with Gasteiger partial charge in [0, 0.05) is 25.1 Å². The molecular weight excluding hydrogens is 362 g/mol. The summed E-state index contributed by atoms with van der Waals surface area (Å²) in [6.45, 7) is 2.48. The molecule has 1 aliphatic carbocycles. The number of nitrogens with one attached hydrogen (secondary N) is 4. The number of amidine groups is 1. The third-order valence-electron chi connectivity index (χ3n) is 5.48. The normalized spacial score (nSPS) is 20.8. The zero-order valence-electron chi connectivity index (χ0n) is 16.2. The highest BCUT2D eigenvalue weighted by molar-refractivity contribution is 6.06. The van der Waals surface area contributed by atoms with Gasteiger partial charge in [0.15, 0.2) is 0 Å². The molecule has 5 N–H and O–H groups in total. The summed E-state index contributed by atoms with van der Waals surface area (Å²) in [4.78, 5) is 39.1. The van der Waals surface area contributed by atoms with Gasteiger partial charge >= 0.3 is 0 Å². The Bertz CT molecular complexity index is 671. The fourth-order valence-corrected chi connectivity index (χ4v) is 3.73. The predicted molar refractivity (Wildman–Crippen MR) is 103 cm³/mol. The number of carbonyl (C=O) groups is 3. The van der Waals surface area contributed by atoms with E-state index in [1.165, 1.54) is 12.2 Å². The van der Waals surface area contributed by atoms with Crippen LogP contribution in [0.15, 0.2) is 12.2 Å². The van der Waals surface area contributed by atoms with E-state index in [1.807, 2.05) is 6.92 Å². The second-order valence-electron chi connectivity index (χ2n) is 7.69. The minimum Gasteiger partial charge on any atom is -0.330 e. The van der Waals surface area contributed by atoms with E-state index in [1.54, 1.807) is 10.4 Å². The molecule has 9 nitrogen and oxygen atoms in total. The molecular formula is C19H29N5O4. The number of nitrogens with zero attached hydrogens (tertiary/aromatic N) is 1. The molecule has 2 atom stereocenters. The van der Waals surface area contributed by atoms with E-state index < -0.39 is 23.8 Å². The Morgan fingerprint density at radius 1 is 1.36 bits per heavy atom. The minimum absolute atomic E-state index is 0.0286. The topological polar surface area (TPSA) is 146 Å². The van der Waals surface area contributed by atoms with E-state index in [4.69, 9.17) is 16.0 Å². The maximum absolute atomic E-state index is 13.2. The van der Waals surface area contributed by atoms with Crippen molar-refractivity contribution in [3.63, 3.8) is 0 Å². The monoisotopic (exact) mass is 391 g/mol. The molecule has 28 heavy (non-hydrogen) atoms. The van der Waals surface area contributed by atoms with Crippen molar-refractivity contribution in [1.82, 2.24) is 15.7 Å². The van der Waals surface area contributed by atoms with Gasteiger partial charge in [0.1, 0.15) is 11.9 Å². The highest BCUT2D eigenvalue weighted by Gasteiger charge is 2.55. The Kier molecular flexibility index (Phi) is 7.45. The van der Waals surface area contributed by atoms with Crippen molar-refractivity contribution < 1.29 is 19.6 Å². The van der Waals surface area contributed by atoms with E-state index >= 15 is 0 Å². The summed E-state index contributed by atoms with van der Waals surface area (Å²) >= 11 is 0. The van der Waals surface area contributed by atoms with Gasteiger partial charge < -0.3 is 15.6 Å². The lowest BCUT2D eigenvalue weighted by atomic mass is 9.96. The minimum atomic E-state index is -0.676. The summed E-state index contributed by atoms with van der Waals surface area (Å²) in [5, 5.41) is 26.0. The number of allylic oxidation sites excluding steroid dienone is 1. The van der Waals surface area contributed by atoms with Gasteiger partial charge in [-0.15, -0.1) is 0 Å². The van der Waals surface area contributed by atoms with Crippen LogP contribution >= 0.6 is 0 Å². The van der Waals surface area contributed by atoms with Crippen LogP contribution in [0.4, 0.5) is 0 Å². The highest BCUT2D eigenvalue weighted by atomic mass is 16.5. The Balaban J connectivity index is 2.13. The summed E-state index contributed by atoms with van der Waals surface area (Å²) in [5.74, 6) is -2.01. The molecule has 9 heteroatoms. The second-order valence-corrected chi connectivity index (χ2v) is 7.69. The first-order chi connectivity index (χ1) is 13.4. The average molecular weight is 391 g/mol. The Morgan fingerprint density at radius 2 is 2.07 bits per heavy atom. The summed E-state index contributed by atoms with van der Waals surface area (Å²) < 4.78 is 0.